The van der Waals surface area contributed by atoms with Crippen LogP contribution < -0.4 is 20.7 Å². The molecule has 1 aliphatic heterocycles. The summed E-state index contributed by atoms with van der Waals surface area (Å²) >= 11 is 0. The number of hydrogen-bond acceptors (Lipinski definition) is 8. The van der Waals surface area contributed by atoms with Crippen LogP contribution in [0, 0.1) is 5.41 Å². The highest BCUT2D eigenvalue weighted by molar-refractivity contribution is 5.68. The third kappa shape index (κ3) is 4.87. The number of H-pyrrole nitrogens is 2. The minimum absolute atomic E-state index is 0.00238. The topological polar surface area (TPSA) is 147 Å². The lowest BCUT2D eigenvalue weighted by atomic mass is 9.80. The molecule has 0 amide bonds. The molecule has 0 radical (unpaired) electrons. The number of ether oxygens (including phenoxy) is 4. The van der Waals surface area contributed by atoms with Crippen molar-refractivity contribution < 1.29 is 25.5 Å². The first kappa shape index (κ1) is 26.2. The quantitative estimate of drug-likeness (QED) is 0.199. The first-order chi connectivity index (χ1) is 20.8. The smallest absolute Gasteiger partial charge is 0.280 e. The Labute approximate surface area is 242 Å². The summed E-state index contributed by atoms with van der Waals surface area (Å²) in [5, 5.41) is 19.0. The van der Waals surface area contributed by atoms with Crippen molar-refractivity contribution in [1.29, 1.82) is 5.41 Å². The van der Waals surface area contributed by atoms with Gasteiger partial charge in [0.1, 0.15) is 35.1 Å². The highest BCUT2D eigenvalue weighted by Gasteiger charge is 2.42. The second kappa shape index (κ2) is 11.3. The number of hydrogen-bond donors (Lipinski definition) is 4. The zero-order valence-corrected chi connectivity index (χ0v) is 23.1. The molecule has 0 unspecified atom stereocenters. The minimum atomic E-state index is -1.10. The number of imidazole rings is 1. The molecular weight excluding hydrogens is 538 g/mol. The zero-order chi connectivity index (χ0) is 30.1. The molecule has 3 atom stereocenters. The Morgan fingerprint density at radius 3 is 2.21 bits per heavy atom. The number of nitrogens with one attached hydrogen (secondary N) is 3. The molecule has 6 rings (SSSR count). The summed E-state index contributed by atoms with van der Waals surface area (Å²) in [4.78, 5) is 19.5. The van der Waals surface area contributed by atoms with Crippen LogP contribution in [0.5, 0.6) is 11.5 Å². The Kier molecular flexibility index (Phi) is 7.04. The molecule has 1 saturated heterocycles. The van der Waals surface area contributed by atoms with Crippen LogP contribution in [0.15, 0.2) is 90.0 Å². The van der Waals surface area contributed by atoms with Gasteiger partial charge in [0.15, 0.2) is 6.93 Å². The van der Waals surface area contributed by atoms with E-state index in [1.165, 1.54) is 10.9 Å². The van der Waals surface area contributed by atoms with Gasteiger partial charge < -0.3 is 29.0 Å². The molecule has 3 aromatic carbocycles. The Hall–Kier alpha value is -4.71. The van der Waals surface area contributed by atoms with Crippen molar-refractivity contribution in [2.45, 2.75) is 30.5 Å². The largest absolute Gasteiger partial charge is 0.497 e. The summed E-state index contributed by atoms with van der Waals surface area (Å²) in [7, 11) is 3.22. The van der Waals surface area contributed by atoms with Gasteiger partial charge in [-0.3, -0.25) is 19.8 Å². The van der Waals surface area contributed by atoms with Crippen LogP contribution in [-0.2, 0) is 15.1 Å². The number of rotatable bonds is 9. The number of aliphatic hydroxyl groups excluding tert-OH is 1. The van der Waals surface area contributed by atoms with E-state index < -0.39 is 35.2 Å². The average molecular weight is 571 g/mol. The van der Waals surface area contributed by atoms with Crippen LogP contribution in [0.4, 0.5) is 0 Å². The van der Waals surface area contributed by atoms with E-state index in [9.17, 15) is 9.90 Å². The summed E-state index contributed by atoms with van der Waals surface area (Å²) in [5.41, 5.74) is 0.580. The minimum Gasteiger partial charge on any atom is -0.497 e. The summed E-state index contributed by atoms with van der Waals surface area (Å²) in [6.45, 7) is 0.00238. The summed E-state index contributed by atoms with van der Waals surface area (Å²) in [6.07, 6.45) is -0.853. The molecule has 42 heavy (non-hydrogen) atoms. The fraction of sp³-hybridized carbons (Fsp3) is 0.258. The zero-order valence-electron chi connectivity index (χ0n) is 24.1. The molecule has 0 saturated carbocycles. The molecule has 2 aromatic heterocycles. The number of methoxy groups -OCH3 is 2. The van der Waals surface area contributed by atoms with Gasteiger partial charge >= 0.3 is 0 Å². The van der Waals surface area contributed by atoms with Gasteiger partial charge in [-0.1, -0.05) is 54.6 Å². The van der Waals surface area contributed by atoms with Gasteiger partial charge in [0.2, 0.25) is 5.62 Å². The van der Waals surface area contributed by atoms with E-state index in [-0.39, 0.29) is 24.2 Å². The SMILES string of the molecule is [2H]n1c(=N)[nH]c(=O)c2ncn([C@H]3C[C@H](O)[C@@H](COC(c4ccccc4)(c4ccc(OC)cc4)c4ccc(OC)cc4)O3)c21. The number of benzene rings is 3. The van der Waals surface area contributed by atoms with Crippen molar-refractivity contribution >= 4 is 11.2 Å². The molecule has 1 fully saturated rings. The number of nitrogens with zero attached hydrogens (tertiary/aromatic N) is 2. The number of aromatic amines is 2. The lowest BCUT2D eigenvalue weighted by molar-refractivity contribution is -0.0931. The summed E-state index contributed by atoms with van der Waals surface area (Å²) in [5.74, 6) is 1.40. The third-order valence-electron chi connectivity index (χ3n) is 7.58. The van der Waals surface area contributed by atoms with E-state index in [1.807, 2.05) is 78.9 Å². The molecular formula is C31H31N5O6. The molecule has 3 heterocycles. The monoisotopic (exact) mass is 570 g/mol. The van der Waals surface area contributed by atoms with Crippen LogP contribution in [0.25, 0.3) is 11.2 Å². The standard InChI is InChI=1S/C31H31N5O6/c1-39-22-12-8-20(9-13-22)31(19-6-4-3-5-7-19,21-10-14-23(40-2)15-11-21)41-17-25-24(37)16-26(42-25)36-18-33-27-28(36)34-30(32)35-29(27)38/h3-15,18,24-26,37H,16-17H2,1-2H3,(H3,32,34,35,38)/t24-,25+,26+/m0/s1/i/hD. The summed E-state index contributed by atoms with van der Waals surface area (Å²) in [6, 6.07) is 25.1. The maximum absolute atomic E-state index is 12.3. The highest BCUT2D eigenvalue weighted by atomic mass is 16.6. The fourth-order valence-corrected chi connectivity index (χ4v) is 5.45. The van der Waals surface area contributed by atoms with Gasteiger partial charge in [-0.05, 0) is 41.0 Å². The predicted molar refractivity (Wildman–Crippen MR) is 153 cm³/mol. The van der Waals surface area contributed by atoms with Gasteiger partial charge in [0.05, 0.1) is 33.3 Å². The molecule has 11 heteroatoms. The van der Waals surface area contributed by atoms with Crippen molar-refractivity contribution in [2.24, 2.45) is 0 Å². The van der Waals surface area contributed by atoms with Gasteiger partial charge in [-0.25, -0.2) is 4.98 Å². The Morgan fingerprint density at radius 2 is 1.62 bits per heavy atom. The maximum atomic E-state index is 12.3. The van der Waals surface area contributed by atoms with Crippen LogP contribution >= 0.6 is 0 Å². The van der Waals surface area contributed by atoms with Crippen molar-refractivity contribution in [2.75, 3.05) is 20.8 Å². The first-order valence-corrected chi connectivity index (χ1v) is 13.4. The van der Waals surface area contributed by atoms with E-state index in [0.29, 0.717) is 11.5 Å². The van der Waals surface area contributed by atoms with Crippen LogP contribution in [0.1, 0.15) is 29.3 Å². The first-order valence-electron chi connectivity index (χ1n) is 13.9. The van der Waals surface area contributed by atoms with E-state index >= 15 is 0 Å². The Balaban J connectivity index is 1.38. The predicted octanol–water partition coefficient (Wildman–Crippen LogP) is 3.21. The number of aromatic nitrogens is 4. The van der Waals surface area contributed by atoms with Crippen molar-refractivity contribution in [3.63, 3.8) is 0 Å². The molecule has 5 aromatic rings. The second-order valence-electron chi connectivity index (χ2n) is 9.99. The van der Waals surface area contributed by atoms with Crippen LogP contribution in [0.3, 0.4) is 0 Å². The van der Waals surface area contributed by atoms with Gasteiger partial charge in [-0.15, -0.1) is 0 Å². The maximum Gasteiger partial charge on any atom is 0.280 e. The lowest BCUT2D eigenvalue weighted by Crippen LogP contribution is -2.38. The molecule has 1 aliphatic rings. The van der Waals surface area contributed by atoms with Crippen molar-refractivity contribution in [1.82, 2.24) is 19.5 Å². The van der Waals surface area contributed by atoms with E-state index in [4.69, 9.17) is 25.8 Å². The Morgan fingerprint density at radius 1 is 1.02 bits per heavy atom. The molecule has 0 aliphatic carbocycles. The van der Waals surface area contributed by atoms with Gasteiger partial charge in [-0.2, -0.15) is 0 Å². The third-order valence-corrected chi connectivity index (χ3v) is 7.58. The highest BCUT2D eigenvalue weighted by Crippen LogP contribution is 2.42. The molecule has 11 nitrogen and oxygen atoms in total. The summed E-state index contributed by atoms with van der Waals surface area (Å²) < 4.78 is 33.7. The molecule has 0 bridgehead atoms. The normalized spacial score (nSPS) is 19.1. The van der Waals surface area contributed by atoms with Gasteiger partial charge in [0, 0.05) is 6.42 Å². The van der Waals surface area contributed by atoms with Crippen LogP contribution in [-0.4, -0.2) is 57.7 Å². The fourth-order valence-electron chi connectivity index (χ4n) is 5.45. The van der Waals surface area contributed by atoms with Crippen molar-refractivity contribution in [3.8, 4) is 11.5 Å². The van der Waals surface area contributed by atoms with Gasteiger partial charge in [0.25, 0.3) is 5.56 Å². The molecule has 0 spiro atoms. The number of aliphatic hydroxyl groups is 1. The van der Waals surface area contributed by atoms with E-state index in [2.05, 4.69) is 9.97 Å². The second-order valence-corrected chi connectivity index (χ2v) is 9.99. The number of fused-ring (bicyclic) bond motifs is 1. The Bertz CT molecular complexity index is 1790. The van der Waals surface area contributed by atoms with E-state index in [1.54, 1.807) is 14.2 Å². The van der Waals surface area contributed by atoms with Crippen molar-refractivity contribution in [3.05, 3.63) is 118 Å². The molecule has 216 valence electrons. The van der Waals surface area contributed by atoms with E-state index in [0.717, 1.165) is 21.7 Å². The molecule has 4 N–H and O–H groups in total. The lowest BCUT2D eigenvalue weighted by Gasteiger charge is -2.37. The average Bonchev–Trinajstić information content (AvgIpc) is 3.65. The van der Waals surface area contributed by atoms with Crippen LogP contribution in [0.2, 0.25) is 1.41 Å².